The minimum atomic E-state index is -0.676. The van der Waals surface area contributed by atoms with Crippen LogP contribution in [0.4, 0.5) is 14.5 Å². The van der Waals surface area contributed by atoms with Crippen molar-refractivity contribution in [3.63, 3.8) is 0 Å². The highest BCUT2D eigenvalue weighted by Gasteiger charge is 2.32. The Morgan fingerprint density at radius 1 is 1.31 bits per heavy atom. The molecule has 0 unspecified atom stereocenters. The highest BCUT2D eigenvalue weighted by Crippen LogP contribution is 2.42. The Balaban J connectivity index is 1.68. The molecule has 1 aliphatic carbocycles. The largest absolute Gasteiger partial charge is 0.494 e. The Morgan fingerprint density at radius 3 is 2.64 bits per heavy atom. The number of hydrogen-bond donors (Lipinski definition) is 2. The van der Waals surface area contributed by atoms with Crippen molar-refractivity contribution >= 4 is 17.3 Å². The molecule has 0 saturated heterocycles. The lowest BCUT2D eigenvalue weighted by atomic mass is 10.1. The number of hydrogen-bond acceptors (Lipinski definition) is 6. The van der Waals surface area contributed by atoms with Gasteiger partial charge in [-0.2, -0.15) is 5.10 Å². The fourth-order valence-corrected chi connectivity index (χ4v) is 4.44. The van der Waals surface area contributed by atoms with Crippen molar-refractivity contribution in [2.75, 3.05) is 19.0 Å². The third-order valence-electron chi connectivity index (χ3n) is 6.40. The maximum atomic E-state index is 14.9. The van der Waals surface area contributed by atoms with Gasteiger partial charge in [-0.15, -0.1) is 0 Å². The summed E-state index contributed by atoms with van der Waals surface area (Å²) in [7, 11) is 1.55. The smallest absolute Gasteiger partial charge is 0.254 e. The molecule has 4 rings (SSSR count). The van der Waals surface area contributed by atoms with E-state index in [0.29, 0.717) is 35.1 Å². The molecule has 1 saturated carbocycles. The second kappa shape index (κ2) is 12.0. The van der Waals surface area contributed by atoms with Crippen LogP contribution >= 0.6 is 0 Å². The van der Waals surface area contributed by atoms with E-state index in [1.165, 1.54) is 18.3 Å². The molecule has 2 aromatic heterocycles. The molecule has 1 aromatic carbocycles. The van der Waals surface area contributed by atoms with Crippen LogP contribution in [0.25, 0.3) is 0 Å². The van der Waals surface area contributed by atoms with Gasteiger partial charge in [-0.25, -0.2) is 13.8 Å². The van der Waals surface area contributed by atoms with Gasteiger partial charge in [0, 0.05) is 48.7 Å². The summed E-state index contributed by atoms with van der Waals surface area (Å²) in [6, 6.07) is 4.08. The number of ether oxygens (including phenoxy) is 1. The first-order valence-electron chi connectivity index (χ1n) is 12.8. The average molecular weight is 535 g/mol. The van der Waals surface area contributed by atoms with Crippen LogP contribution in [0.15, 0.2) is 60.1 Å². The van der Waals surface area contributed by atoms with Crippen LogP contribution in [0, 0.1) is 18.6 Å². The molecule has 8 nitrogen and oxygen atoms in total. The van der Waals surface area contributed by atoms with Crippen LogP contribution in [0.2, 0.25) is 0 Å². The van der Waals surface area contributed by atoms with Crippen molar-refractivity contribution in [3.05, 3.63) is 94.9 Å². The van der Waals surface area contributed by atoms with Crippen LogP contribution in [0.5, 0.6) is 5.75 Å². The Bertz CT molecular complexity index is 1430. The van der Waals surface area contributed by atoms with Crippen molar-refractivity contribution in [1.82, 2.24) is 20.1 Å². The van der Waals surface area contributed by atoms with Gasteiger partial charge in [-0.3, -0.25) is 14.5 Å². The maximum absolute atomic E-state index is 14.9. The second-order valence-electron chi connectivity index (χ2n) is 9.20. The number of pyridine rings is 1. The third-order valence-corrected chi connectivity index (χ3v) is 6.40. The number of aromatic nitrogens is 3. The van der Waals surface area contributed by atoms with E-state index >= 15 is 0 Å². The van der Waals surface area contributed by atoms with Crippen molar-refractivity contribution in [3.8, 4) is 5.75 Å². The number of allylic oxidation sites excluding steroid dienone is 2. The van der Waals surface area contributed by atoms with Gasteiger partial charge in [0.1, 0.15) is 28.9 Å². The van der Waals surface area contributed by atoms with Gasteiger partial charge in [0.05, 0.1) is 30.1 Å². The number of aliphatic imine (C=N–C) groups is 1. The molecular weight excluding hydrogens is 502 g/mol. The van der Waals surface area contributed by atoms with Crippen LogP contribution < -0.4 is 15.4 Å². The quantitative estimate of drug-likeness (QED) is 0.250. The van der Waals surface area contributed by atoms with Crippen molar-refractivity contribution < 1.29 is 18.3 Å². The zero-order valence-corrected chi connectivity index (χ0v) is 22.5. The van der Waals surface area contributed by atoms with Crippen LogP contribution in [-0.4, -0.2) is 40.0 Å². The summed E-state index contributed by atoms with van der Waals surface area (Å²) >= 11 is 0. The molecule has 0 aliphatic heterocycles. The van der Waals surface area contributed by atoms with Crippen molar-refractivity contribution in [1.29, 1.82) is 0 Å². The van der Waals surface area contributed by atoms with Gasteiger partial charge < -0.3 is 15.4 Å². The SMILES string of the molecule is C=C/C=C(\N=C(C)c1nn(Cc2c(F)cc(OCC)cc2F)c(C2CC2)c1C)Nc1ccncc1C(=O)NC. The summed E-state index contributed by atoms with van der Waals surface area (Å²) in [6.07, 6.45) is 8.28. The van der Waals surface area contributed by atoms with Gasteiger partial charge in [-0.05, 0) is 51.3 Å². The molecule has 1 fully saturated rings. The zero-order valence-electron chi connectivity index (χ0n) is 22.5. The van der Waals surface area contributed by atoms with E-state index in [1.54, 1.807) is 43.1 Å². The first-order chi connectivity index (χ1) is 18.8. The van der Waals surface area contributed by atoms with E-state index in [-0.39, 0.29) is 29.7 Å². The monoisotopic (exact) mass is 534 g/mol. The summed E-state index contributed by atoms with van der Waals surface area (Å²) in [5, 5.41) is 10.5. The topological polar surface area (TPSA) is 93.4 Å². The molecule has 2 heterocycles. The highest BCUT2D eigenvalue weighted by atomic mass is 19.1. The Labute approximate surface area is 226 Å². The Hall–Kier alpha value is -4.34. The number of amides is 1. The fraction of sp³-hybridized carbons (Fsp3) is 0.310. The standard InChI is InChI=1S/C29H32F2N6O2/c1-6-8-26(35-25-11-12-33-15-21(25)29(38)32-5)34-18(4)27-17(3)28(19-9-10-19)37(36-27)16-22-23(30)13-20(39-7-2)14-24(22)31/h6,8,11-15,19H,1,7,9-10,16H2,2-5H3,(H,32,38)(H,33,35)/b26-8+,34-18?. The van der Waals surface area contributed by atoms with E-state index in [9.17, 15) is 13.6 Å². The Kier molecular flexibility index (Phi) is 8.53. The molecule has 3 aromatic rings. The molecule has 1 aliphatic rings. The first-order valence-corrected chi connectivity index (χ1v) is 12.8. The van der Waals surface area contributed by atoms with Gasteiger partial charge in [0.2, 0.25) is 0 Å². The van der Waals surface area contributed by atoms with Crippen LogP contribution in [0.3, 0.4) is 0 Å². The number of benzene rings is 1. The molecule has 0 spiro atoms. The summed E-state index contributed by atoms with van der Waals surface area (Å²) in [6.45, 7) is 9.56. The van der Waals surface area contributed by atoms with Gasteiger partial charge >= 0.3 is 0 Å². The van der Waals surface area contributed by atoms with Crippen molar-refractivity contribution in [2.45, 2.75) is 46.1 Å². The molecule has 2 N–H and O–H groups in total. The lowest BCUT2D eigenvalue weighted by Gasteiger charge is -2.11. The summed E-state index contributed by atoms with van der Waals surface area (Å²) in [5.41, 5.74) is 3.90. The zero-order chi connectivity index (χ0) is 28.1. The minimum Gasteiger partial charge on any atom is -0.494 e. The number of carbonyl (C=O) groups is 1. The first kappa shape index (κ1) is 27.7. The third kappa shape index (κ3) is 6.22. The minimum absolute atomic E-state index is 0.0515. The number of carbonyl (C=O) groups excluding carboxylic acids is 1. The molecule has 1 amide bonds. The van der Waals surface area contributed by atoms with Crippen molar-refractivity contribution in [2.24, 2.45) is 4.99 Å². The highest BCUT2D eigenvalue weighted by molar-refractivity contribution is 6.00. The summed E-state index contributed by atoms with van der Waals surface area (Å²) in [4.78, 5) is 21.0. The summed E-state index contributed by atoms with van der Waals surface area (Å²) < 4.78 is 36.7. The summed E-state index contributed by atoms with van der Waals surface area (Å²) in [5.74, 6) is -0.774. The number of nitrogens with zero attached hydrogens (tertiary/aromatic N) is 4. The normalized spacial score (nSPS) is 13.8. The molecule has 0 radical (unpaired) electrons. The maximum Gasteiger partial charge on any atom is 0.254 e. The van der Waals surface area contributed by atoms with E-state index in [0.717, 1.165) is 24.1 Å². The lowest BCUT2D eigenvalue weighted by Crippen LogP contribution is -2.19. The van der Waals surface area contributed by atoms with E-state index in [2.05, 4.69) is 22.2 Å². The molecule has 0 atom stereocenters. The van der Waals surface area contributed by atoms with Gasteiger partial charge in [0.15, 0.2) is 0 Å². The lowest BCUT2D eigenvalue weighted by molar-refractivity contribution is 0.0963. The number of nitrogens with one attached hydrogen (secondary N) is 2. The van der Waals surface area contributed by atoms with Gasteiger partial charge in [-0.1, -0.05) is 12.7 Å². The second-order valence-corrected chi connectivity index (χ2v) is 9.20. The number of anilines is 1. The predicted molar refractivity (Wildman–Crippen MR) is 147 cm³/mol. The van der Waals surface area contributed by atoms with Crippen LogP contribution in [-0.2, 0) is 6.54 Å². The molecule has 39 heavy (non-hydrogen) atoms. The van der Waals surface area contributed by atoms with E-state index < -0.39 is 11.6 Å². The average Bonchev–Trinajstić information content (AvgIpc) is 3.68. The molecule has 0 bridgehead atoms. The Morgan fingerprint density at radius 2 is 2.03 bits per heavy atom. The molecular formula is C29H32F2N6O2. The molecule has 204 valence electrons. The fourth-order valence-electron chi connectivity index (χ4n) is 4.44. The predicted octanol–water partition coefficient (Wildman–Crippen LogP) is 5.50. The number of rotatable bonds is 11. The van der Waals surface area contributed by atoms with E-state index in [1.807, 2.05) is 13.8 Å². The number of halogens is 2. The van der Waals surface area contributed by atoms with Gasteiger partial charge in [0.25, 0.3) is 5.91 Å². The van der Waals surface area contributed by atoms with E-state index in [4.69, 9.17) is 14.8 Å². The van der Waals surface area contributed by atoms with Crippen LogP contribution in [0.1, 0.15) is 65.5 Å². The molecule has 10 heteroatoms.